The minimum absolute atomic E-state index is 0.211. The van der Waals surface area contributed by atoms with Gasteiger partial charge in [0.05, 0.1) is 6.04 Å². The van der Waals surface area contributed by atoms with Crippen LogP contribution in [0.3, 0.4) is 0 Å². The molecule has 1 atom stereocenters. The van der Waals surface area contributed by atoms with Crippen LogP contribution in [0.5, 0.6) is 0 Å². The molecule has 0 bridgehead atoms. The van der Waals surface area contributed by atoms with Gasteiger partial charge in [0.1, 0.15) is 0 Å². The van der Waals surface area contributed by atoms with Gasteiger partial charge in [-0.05, 0) is 41.8 Å². The first kappa shape index (κ1) is 12.6. The highest BCUT2D eigenvalue weighted by Gasteiger charge is 2.10. The molecule has 1 unspecified atom stereocenters. The maximum atomic E-state index is 6.20. The van der Waals surface area contributed by atoms with E-state index in [2.05, 4.69) is 20.9 Å². The van der Waals surface area contributed by atoms with Gasteiger partial charge >= 0.3 is 0 Å². The first-order valence-corrected chi connectivity index (χ1v) is 6.36. The number of aromatic nitrogens is 1. The molecule has 0 aliphatic carbocycles. The number of nitrogens with two attached hydrogens (primary N) is 1. The first-order chi connectivity index (χ1) is 8.06. The lowest BCUT2D eigenvalue weighted by molar-refractivity contribution is 0.860. The molecular formula is C13H12BrClN2. The zero-order valence-electron chi connectivity index (χ0n) is 9.32. The smallest absolute Gasteiger partial charge is 0.0567 e. The summed E-state index contributed by atoms with van der Waals surface area (Å²) in [7, 11) is 0. The number of pyridine rings is 1. The Kier molecular flexibility index (Phi) is 3.82. The summed E-state index contributed by atoms with van der Waals surface area (Å²) in [4.78, 5) is 4.15. The highest BCUT2D eigenvalue weighted by atomic mass is 79.9. The molecule has 17 heavy (non-hydrogen) atoms. The molecule has 2 rings (SSSR count). The van der Waals surface area contributed by atoms with Gasteiger partial charge < -0.3 is 5.73 Å². The van der Waals surface area contributed by atoms with Crippen LogP contribution in [0.1, 0.15) is 22.7 Å². The summed E-state index contributed by atoms with van der Waals surface area (Å²) in [5.74, 6) is 0. The van der Waals surface area contributed by atoms with Gasteiger partial charge in [-0.1, -0.05) is 33.6 Å². The Hall–Kier alpha value is -0.900. The van der Waals surface area contributed by atoms with Crippen LogP contribution in [0.15, 0.2) is 41.1 Å². The van der Waals surface area contributed by atoms with Crippen molar-refractivity contribution < 1.29 is 0 Å². The molecule has 0 radical (unpaired) electrons. The minimum Gasteiger partial charge on any atom is -0.320 e. The average molecular weight is 312 g/mol. The fourth-order valence-electron chi connectivity index (χ4n) is 1.70. The van der Waals surface area contributed by atoms with Crippen molar-refractivity contribution in [3.05, 3.63) is 62.8 Å². The van der Waals surface area contributed by atoms with Crippen LogP contribution < -0.4 is 5.73 Å². The maximum absolute atomic E-state index is 6.20. The number of aryl methyl sites for hydroxylation is 1. The molecule has 1 aromatic heterocycles. The maximum Gasteiger partial charge on any atom is 0.0567 e. The molecule has 0 aliphatic rings. The molecule has 88 valence electrons. The lowest BCUT2D eigenvalue weighted by Crippen LogP contribution is -2.12. The molecule has 2 aromatic rings. The molecule has 1 aromatic carbocycles. The first-order valence-electron chi connectivity index (χ1n) is 5.19. The van der Waals surface area contributed by atoms with Crippen molar-refractivity contribution in [2.45, 2.75) is 13.0 Å². The molecule has 0 spiro atoms. The fraction of sp³-hybridized carbons (Fsp3) is 0.154. The molecule has 1 heterocycles. The summed E-state index contributed by atoms with van der Waals surface area (Å²) < 4.78 is 0.927. The normalized spacial score (nSPS) is 12.5. The third-order valence-electron chi connectivity index (χ3n) is 2.50. The van der Waals surface area contributed by atoms with E-state index in [4.69, 9.17) is 17.3 Å². The van der Waals surface area contributed by atoms with Crippen molar-refractivity contribution in [3.8, 4) is 0 Å². The largest absolute Gasteiger partial charge is 0.320 e. The number of rotatable bonds is 2. The Morgan fingerprint density at radius 1 is 1.18 bits per heavy atom. The van der Waals surface area contributed by atoms with Gasteiger partial charge in [0.2, 0.25) is 0 Å². The van der Waals surface area contributed by atoms with E-state index in [1.165, 1.54) is 0 Å². The Balaban J connectivity index is 2.39. The molecule has 0 aliphatic heterocycles. The van der Waals surface area contributed by atoms with Crippen LogP contribution in [-0.2, 0) is 0 Å². The zero-order chi connectivity index (χ0) is 12.4. The fourth-order valence-corrected chi connectivity index (χ4v) is 2.58. The zero-order valence-corrected chi connectivity index (χ0v) is 11.7. The molecule has 2 N–H and O–H groups in total. The number of hydrogen-bond donors (Lipinski definition) is 1. The quantitative estimate of drug-likeness (QED) is 0.915. The highest BCUT2D eigenvalue weighted by Crippen LogP contribution is 2.26. The van der Waals surface area contributed by atoms with E-state index < -0.39 is 0 Å². The van der Waals surface area contributed by atoms with Gasteiger partial charge in [0.15, 0.2) is 0 Å². The van der Waals surface area contributed by atoms with E-state index in [0.29, 0.717) is 5.02 Å². The van der Waals surface area contributed by atoms with Crippen molar-refractivity contribution in [3.63, 3.8) is 0 Å². The summed E-state index contributed by atoms with van der Waals surface area (Å²) in [5.41, 5.74) is 9.25. The summed E-state index contributed by atoms with van der Waals surface area (Å²) in [6.45, 7) is 2.00. The van der Waals surface area contributed by atoms with Gasteiger partial charge in [-0.2, -0.15) is 0 Å². The summed E-state index contributed by atoms with van der Waals surface area (Å²) in [6.07, 6.45) is 3.59. The number of benzene rings is 1. The molecule has 0 saturated carbocycles. The van der Waals surface area contributed by atoms with Gasteiger partial charge in [-0.25, -0.2) is 0 Å². The Morgan fingerprint density at radius 2 is 1.94 bits per heavy atom. The van der Waals surface area contributed by atoms with E-state index in [-0.39, 0.29) is 6.04 Å². The van der Waals surface area contributed by atoms with E-state index in [1.807, 2.05) is 37.4 Å². The molecule has 2 nitrogen and oxygen atoms in total. The van der Waals surface area contributed by atoms with Crippen LogP contribution >= 0.6 is 27.5 Å². The Labute approximate surface area is 114 Å². The highest BCUT2D eigenvalue weighted by molar-refractivity contribution is 9.10. The van der Waals surface area contributed by atoms with Crippen molar-refractivity contribution in [1.82, 2.24) is 4.98 Å². The molecule has 0 saturated heterocycles. The van der Waals surface area contributed by atoms with E-state index in [9.17, 15) is 0 Å². The van der Waals surface area contributed by atoms with Crippen LogP contribution in [-0.4, -0.2) is 4.98 Å². The molecular weight excluding hydrogens is 300 g/mol. The van der Waals surface area contributed by atoms with Gasteiger partial charge in [0.25, 0.3) is 0 Å². The lowest BCUT2D eigenvalue weighted by Gasteiger charge is -2.13. The molecule has 4 heteroatoms. The van der Waals surface area contributed by atoms with Crippen LogP contribution in [0.25, 0.3) is 0 Å². The lowest BCUT2D eigenvalue weighted by atomic mass is 10.0. The Bertz CT molecular complexity index is 522. The number of nitrogens with zero attached hydrogens (tertiary/aromatic N) is 1. The number of halogens is 2. The topological polar surface area (TPSA) is 38.9 Å². The average Bonchev–Trinajstić information content (AvgIpc) is 2.26. The third-order valence-corrected chi connectivity index (χ3v) is 3.18. The van der Waals surface area contributed by atoms with Gasteiger partial charge in [-0.15, -0.1) is 0 Å². The molecule has 0 amide bonds. The number of hydrogen-bond acceptors (Lipinski definition) is 2. The standard InChI is InChI=1S/C13H12BrClN2/c1-8-2-10(7-17-6-8)13(16)9-3-11(14)5-12(15)4-9/h2-7,13H,16H2,1H3. The molecule has 0 fully saturated rings. The van der Waals surface area contributed by atoms with Crippen LogP contribution in [0, 0.1) is 6.92 Å². The second kappa shape index (κ2) is 5.17. The minimum atomic E-state index is -0.211. The second-order valence-corrected chi connectivity index (χ2v) is 5.33. The van der Waals surface area contributed by atoms with E-state index in [1.54, 1.807) is 6.20 Å². The predicted molar refractivity (Wildman–Crippen MR) is 74.2 cm³/mol. The predicted octanol–water partition coefficient (Wildman–Crippen LogP) is 3.85. The summed E-state index contributed by atoms with van der Waals surface area (Å²) >= 11 is 9.42. The van der Waals surface area contributed by atoms with Crippen molar-refractivity contribution in [1.29, 1.82) is 0 Å². The summed E-state index contributed by atoms with van der Waals surface area (Å²) in [6, 6.07) is 7.51. The van der Waals surface area contributed by atoms with Crippen LogP contribution in [0.2, 0.25) is 5.02 Å². The van der Waals surface area contributed by atoms with Gasteiger partial charge in [0, 0.05) is 21.9 Å². The third kappa shape index (κ3) is 3.06. The Morgan fingerprint density at radius 3 is 2.59 bits per heavy atom. The monoisotopic (exact) mass is 310 g/mol. The summed E-state index contributed by atoms with van der Waals surface area (Å²) in [5, 5.41) is 0.672. The SMILES string of the molecule is Cc1cncc(C(N)c2cc(Cl)cc(Br)c2)c1. The van der Waals surface area contributed by atoms with Crippen molar-refractivity contribution in [2.75, 3.05) is 0 Å². The second-order valence-electron chi connectivity index (χ2n) is 3.98. The van der Waals surface area contributed by atoms with E-state index >= 15 is 0 Å². The van der Waals surface area contributed by atoms with Crippen molar-refractivity contribution in [2.24, 2.45) is 5.73 Å². The van der Waals surface area contributed by atoms with Gasteiger partial charge in [-0.3, -0.25) is 4.98 Å². The van der Waals surface area contributed by atoms with E-state index in [0.717, 1.165) is 21.2 Å². The van der Waals surface area contributed by atoms with Crippen LogP contribution in [0.4, 0.5) is 0 Å². The van der Waals surface area contributed by atoms with Crippen molar-refractivity contribution >= 4 is 27.5 Å².